The molecule has 3 aromatic rings. The van der Waals surface area contributed by atoms with Crippen LogP contribution in [0.3, 0.4) is 0 Å². The molecule has 8 nitrogen and oxygen atoms in total. The van der Waals surface area contributed by atoms with E-state index in [0.717, 1.165) is 18.6 Å². The number of urea groups is 1. The lowest BCUT2D eigenvalue weighted by atomic mass is 10.1. The lowest BCUT2D eigenvalue weighted by Crippen LogP contribution is -2.42. The number of imide groups is 1. The summed E-state index contributed by atoms with van der Waals surface area (Å²) in [6, 6.07) is 11.8. The first-order chi connectivity index (χ1) is 14.0. The maximum atomic E-state index is 12.7. The summed E-state index contributed by atoms with van der Waals surface area (Å²) in [7, 11) is 0. The number of fused-ring (bicyclic) bond motifs is 1. The number of carbonyl (C=O) groups is 3. The molecule has 1 aromatic carbocycles. The topological polar surface area (TPSA) is 111 Å². The summed E-state index contributed by atoms with van der Waals surface area (Å²) in [5.74, 6) is -0.139. The smallest absolute Gasteiger partial charge is 0.339 e. The molecule has 0 atom stereocenters. The van der Waals surface area contributed by atoms with E-state index in [0.29, 0.717) is 22.4 Å². The number of hydrogen-bond acceptors (Lipinski definition) is 6. The zero-order chi connectivity index (χ0) is 20.4. The lowest BCUT2D eigenvalue weighted by molar-refractivity contribution is -0.123. The van der Waals surface area contributed by atoms with Crippen molar-refractivity contribution < 1.29 is 23.5 Å². The fourth-order valence-corrected chi connectivity index (χ4v) is 2.86. The highest BCUT2D eigenvalue weighted by Gasteiger charge is 2.24. The molecule has 0 unspecified atom stereocenters. The van der Waals surface area contributed by atoms with Crippen molar-refractivity contribution in [3.05, 3.63) is 53.8 Å². The minimum atomic E-state index is -0.697. The Hall–Kier alpha value is -3.68. The van der Waals surface area contributed by atoms with Crippen LogP contribution in [-0.2, 0) is 9.53 Å². The number of rotatable bonds is 5. The molecule has 29 heavy (non-hydrogen) atoms. The maximum absolute atomic E-state index is 12.7. The van der Waals surface area contributed by atoms with Crippen LogP contribution in [0.15, 0.2) is 46.9 Å². The molecule has 4 rings (SSSR count). The van der Waals surface area contributed by atoms with Gasteiger partial charge in [0.15, 0.2) is 12.4 Å². The summed E-state index contributed by atoms with van der Waals surface area (Å²) >= 11 is 0. The Balaban J connectivity index is 1.51. The number of aryl methyl sites for hydroxylation is 1. The van der Waals surface area contributed by atoms with Crippen LogP contribution < -0.4 is 10.6 Å². The number of hydrogen-bond donors (Lipinski definition) is 2. The van der Waals surface area contributed by atoms with Gasteiger partial charge in [0.05, 0.1) is 11.1 Å². The Bertz CT molecular complexity index is 1100. The van der Waals surface area contributed by atoms with Crippen molar-refractivity contribution in [2.45, 2.75) is 25.8 Å². The highest BCUT2D eigenvalue weighted by molar-refractivity contribution is 6.05. The summed E-state index contributed by atoms with van der Waals surface area (Å²) in [6.45, 7) is 1.25. The highest BCUT2D eigenvalue weighted by Crippen LogP contribution is 2.26. The third-order valence-electron chi connectivity index (χ3n) is 4.43. The average Bonchev–Trinajstić information content (AvgIpc) is 3.41. The first kappa shape index (κ1) is 18.7. The minimum Gasteiger partial charge on any atom is -0.460 e. The van der Waals surface area contributed by atoms with Gasteiger partial charge in [0.1, 0.15) is 11.5 Å². The standard InChI is InChI=1S/C21H19N3O5/c1-12-6-9-18(29-12)17-10-15(14-4-2-3-5-16(14)23-17)20(26)28-11-19(25)24-21(27)22-13-7-8-13/h2-6,9-10,13H,7-8,11H2,1H3,(H2,22,24,25,27). The number of carbonyl (C=O) groups excluding carboxylic acids is 3. The van der Waals surface area contributed by atoms with Gasteiger partial charge in [-0.15, -0.1) is 0 Å². The normalized spacial score (nSPS) is 13.1. The van der Waals surface area contributed by atoms with Crippen LogP contribution in [0.1, 0.15) is 29.0 Å². The summed E-state index contributed by atoms with van der Waals surface area (Å²) in [6.07, 6.45) is 1.81. The van der Waals surface area contributed by atoms with Crippen molar-refractivity contribution in [2.24, 2.45) is 0 Å². The number of nitrogens with one attached hydrogen (secondary N) is 2. The van der Waals surface area contributed by atoms with E-state index in [2.05, 4.69) is 15.6 Å². The molecule has 2 N–H and O–H groups in total. The van der Waals surface area contributed by atoms with E-state index < -0.39 is 24.5 Å². The summed E-state index contributed by atoms with van der Waals surface area (Å²) < 4.78 is 10.7. The first-order valence-corrected chi connectivity index (χ1v) is 9.23. The van der Waals surface area contributed by atoms with Gasteiger partial charge < -0.3 is 14.5 Å². The van der Waals surface area contributed by atoms with E-state index in [4.69, 9.17) is 9.15 Å². The molecular formula is C21H19N3O5. The molecule has 2 aromatic heterocycles. The molecule has 3 amide bonds. The molecular weight excluding hydrogens is 374 g/mol. The van der Waals surface area contributed by atoms with Gasteiger partial charge in [-0.3, -0.25) is 10.1 Å². The molecule has 1 fully saturated rings. The Morgan fingerprint density at radius 3 is 2.69 bits per heavy atom. The van der Waals surface area contributed by atoms with Crippen molar-refractivity contribution in [3.63, 3.8) is 0 Å². The molecule has 0 saturated heterocycles. The van der Waals surface area contributed by atoms with Crippen LogP contribution in [0.2, 0.25) is 0 Å². The van der Waals surface area contributed by atoms with E-state index in [1.807, 2.05) is 13.0 Å². The number of furan rings is 1. The second-order valence-electron chi connectivity index (χ2n) is 6.85. The van der Waals surface area contributed by atoms with E-state index >= 15 is 0 Å². The first-order valence-electron chi connectivity index (χ1n) is 9.23. The Morgan fingerprint density at radius 2 is 1.97 bits per heavy atom. The zero-order valence-electron chi connectivity index (χ0n) is 15.7. The largest absolute Gasteiger partial charge is 0.460 e. The predicted octanol–water partition coefficient (Wildman–Crippen LogP) is 2.95. The van der Waals surface area contributed by atoms with Crippen LogP contribution in [0.5, 0.6) is 0 Å². The van der Waals surface area contributed by atoms with Gasteiger partial charge in [0.25, 0.3) is 5.91 Å². The van der Waals surface area contributed by atoms with Crippen LogP contribution in [-0.4, -0.2) is 35.5 Å². The molecule has 1 aliphatic rings. The fraction of sp³-hybridized carbons (Fsp3) is 0.238. The monoisotopic (exact) mass is 393 g/mol. The molecule has 8 heteroatoms. The number of pyridine rings is 1. The minimum absolute atomic E-state index is 0.122. The molecule has 1 saturated carbocycles. The zero-order valence-corrected chi connectivity index (χ0v) is 15.7. The highest BCUT2D eigenvalue weighted by atomic mass is 16.5. The van der Waals surface area contributed by atoms with Crippen molar-refractivity contribution >= 4 is 28.8 Å². The number of nitrogens with zero attached hydrogens (tertiary/aromatic N) is 1. The number of esters is 1. The van der Waals surface area contributed by atoms with Crippen LogP contribution >= 0.6 is 0 Å². The molecule has 0 radical (unpaired) electrons. The van der Waals surface area contributed by atoms with Crippen LogP contribution in [0.4, 0.5) is 4.79 Å². The van der Waals surface area contributed by atoms with Gasteiger partial charge in [-0.25, -0.2) is 14.6 Å². The van der Waals surface area contributed by atoms with Gasteiger partial charge in [0.2, 0.25) is 0 Å². The SMILES string of the molecule is Cc1ccc(-c2cc(C(=O)OCC(=O)NC(=O)NC3CC3)c3ccccc3n2)o1. The van der Waals surface area contributed by atoms with Gasteiger partial charge in [0, 0.05) is 11.4 Å². The molecule has 148 valence electrons. The van der Waals surface area contributed by atoms with Gasteiger partial charge in [-0.05, 0) is 44.0 Å². The van der Waals surface area contributed by atoms with Gasteiger partial charge in [-0.2, -0.15) is 0 Å². The van der Waals surface area contributed by atoms with E-state index in [1.54, 1.807) is 36.4 Å². The molecule has 0 bridgehead atoms. The van der Waals surface area contributed by atoms with Crippen LogP contribution in [0, 0.1) is 6.92 Å². The van der Waals surface area contributed by atoms with Crippen molar-refractivity contribution in [1.29, 1.82) is 0 Å². The Labute approximate surface area is 166 Å². The summed E-state index contributed by atoms with van der Waals surface area (Å²) in [4.78, 5) is 40.7. The molecule has 1 aliphatic carbocycles. The van der Waals surface area contributed by atoms with E-state index in [9.17, 15) is 14.4 Å². The lowest BCUT2D eigenvalue weighted by Gasteiger charge is -2.09. The average molecular weight is 393 g/mol. The number of amides is 3. The molecule has 0 spiro atoms. The predicted molar refractivity (Wildman–Crippen MR) is 104 cm³/mol. The van der Waals surface area contributed by atoms with Crippen molar-refractivity contribution in [2.75, 3.05) is 6.61 Å². The number of ether oxygens (including phenoxy) is 1. The molecule has 0 aliphatic heterocycles. The van der Waals surface area contributed by atoms with E-state index in [1.165, 1.54) is 0 Å². The summed E-state index contributed by atoms with van der Waals surface area (Å²) in [5.41, 5.74) is 1.34. The van der Waals surface area contributed by atoms with Gasteiger partial charge >= 0.3 is 12.0 Å². The van der Waals surface area contributed by atoms with Crippen molar-refractivity contribution in [3.8, 4) is 11.5 Å². The van der Waals surface area contributed by atoms with Gasteiger partial charge in [-0.1, -0.05) is 18.2 Å². The van der Waals surface area contributed by atoms with E-state index in [-0.39, 0.29) is 11.6 Å². The molecule has 2 heterocycles. The third-order valence-corrected chi connectivity index (χ3v) is 4.43. The van der Waals surface area contributed by atoms with Crippen LogP contribution in [0.25, 0.3) is 22.4 Å². The number of aromatic nitrogens is 1. The quantitative estimate of drug-likeness (QED) is 0.645. The maximum Gasteiger partial charge on any atom is 0.339 e. The number of para-hydroxylation sites is 1. The Morgan fingerprint density at radius 1 is 1.17 bits per heavy atom. The number of benzene rings is 1. The second-order valence-corrected chi connectivity index (χ2v) is 6.85. The van der Waals surface area contributed by atoms with Crippen molar-refractivity contribution in [1.82, 2.24) is 15.6 Å². The summed E-state index contributed by atoms with van der Waals surface area (Å²) in [5, 5.41) is 5.36. The fourth-order valence-electron chi connectivity index (χ4n) is 2.86. The second kappa shape index (κ2) is 7.75. The third kappa shape index (κ3) is 4.43. The Kier molecular flexibility index (Phi) is 4.99.